The van der Waals surface area contributed by atoms with Gasteiger partial charge in [0.25, 0.3) is 0 Å². The molecule has 2 N–H and O–H groups in total. The summed E-state index contributed by atoms with van der Waals surface area (Å²) in [6, 6.07) is 5.58. The molecule has 5 nitrogen and oxygen atoms in total. The Morgan fingerprint density at radius 2 is 1.71 bits per heavy atom. The molecule has 1 aromatic carbocycles. The van der Waals surface area contributed by atoms with E-state index < -0.39 is 0 Å². The average molecular weight is 287 g/mol. The molecule has 2 aromatic rings. The van der Waals surface area contributed by atoms with E-state index in [0.29, 0.717) is 29.1 Å². The fourth-order valence-corrected chi connectivity index (χ4v) is 2.42. The highest BCUT2D eigenvalue weighted by atomic mass is 16.5. The summed E-state index contributed by atoms with van der Waals surface area (Å²) in [4.78, 5) is 9.00. The topological polar surface area (TPSA) is 70.3 Å². The van der Waals surface area contributed by atoms with Gasteiger partial charge < -0.3 is 15.2 Å². The standard InChI is InChI=1S/C16H21N3O2/c1-9(2)14-10(3)18-16(19-15(14)17)11-6-7-12(20-4)13(8-11)21-5/h6-9H,1-5H3,(H2,17,18,19). The number of aryl methyl sites for hydroxylation is 1. The van der Waals surface area contributed by atoms with E-state index in [1.54, 1.807) is 14.2 Å². The van der Waals surface area contributed by atoms with E-state index in [9.17, 15) is 0 Å². The molecule has 0 spiro atoms. The molecule has 21 heavy (non-hydrogen) atoms. The Morgan fingerprint density at radius 3 is 2.24 bits per heavy atom. The Hall–Kier alpha value is -2.30. The van der Waals surface area contributed by atoms with E-state index in [1.165, 1.54) is 0 Å². The Labute approximate surface area is 125 Å². The summed E-state index contributed by atoms with van der Waals surface area (Å²) in [5.74, 6) is 2.73. The zero-order chi connectivity index (χ0) is 15.6. The zero-order valence-corrected chi connectivity index (χ0v) is 13.1. The van der Waals surface area contributed by atoms with Crippen LogP contribution in [0.3, 0.4) is 0 Å². The Bertz CT molecular complexity index is 631. The maximum atomic E-state index is 6.08. The molecule has 1 heterocycles. The number of ether oxygens (including phenoxy) is 2. The summed E-state index contributed by atoms with van der Waals surface area (Å²) in [6.45, 7) is 6.12. The lowest BCUT2D eigenvalue weighted by Crippen LogP contribution is -2.06. The summed E-state index contributed by atoms with van der Waals surface area (Å²) in [6.07, 6.45) is 0. The molecule has 0 aliphatic rings. The second-order valence-electron chi connectivity index (χ2n) is 5.16. The minimum Gasteiger partial charge on any atom is -0.493 e. The van der Waals surface area contributed by atoms with Gasteiger partial charge in [-0.15, -0.1) is 0 Å². The van der Waals surface area contributed by atoms with Gasteiger partial charge in [-0.25, -0.2) is 9.97 Å². The molecule has 0 amide bonds. The van der Waals surface area contributed by atoms with E-state index in [2.05, 4.69) is 23.8 Å². The van der Waals surface area contributed by atoms with Crippen LogP contribution >= 0.6 is 0 Å². The fourth-order valence-electron chi connectivity index (χ4n) is 2.42. The first kappa shape index (κ1) is 15.1. The largest absolute Gasteiger partial charge is 0.493 e. The molecule has 0 atom stereocenters. The van der Waals surface area contributed by atoms with Crippen LogP contribution in [0.1, 0.15) is 31.0 Å². The minimum atomic E-state index is 0.296. The number of hydrogen-bond donors (Lipinski definition) is 1. The number of rotatable bonds is 4. The van der Waals surface area contributed by atoms with Crippen molar-refractivity contribution in [3.8, 4) is 22.9 Å². The van der Waals surface area contributed by atoms with Crippen LogP contribution in [0, 0.1) is 6.92 Å². The van der Waals surface area contributed by atoms with Crippen molar-refractivity contribution in [2.45, 2.75) is 26.7 Å². The third-order valence-corrected chi connectivity index (χ3v) is 3.38. The van der Waals surface area contributed by atoms with Gasteiger partial charge in [-0.1, -0.05) is 13.8 Å². The van der Waals surface area contributed by atoms with Crippen molar-refractivity contribution in [3.05, 3.63) is 29.5 Å². The number of nitrogens with zero attached hydrogens (tertiary/aromatic N) is 2. The summed E-state index contributed by atoms with van der Waals surface area (Å²) < 4.78 is 10.5. The van der Waals surface area contributed by atoms with Gasteiger partial charge in [0, 0.05) is 16.8 Å². The van der Waals surface area contributed by atoms with E-state index in [1.807, 2.05) is 25.1 Å². The number of hydrogen-bond acceptors (Lipinski definition) is 5. The molecular weight excluding hydrogens is 266 g/mol. The van der Waals surface area contributed by atoms with Crippen molar-refractivity contribution in [3.63, 3.8) is 0 Å². The van der Waals surface area contributed by atoms with Crippen LogP contribution < -0.4 is 15.2 Å². The number of anilines is 1. The number of nitrogens with two attached hydrogens (primary N) is 1. The molecule has 0 saturated heterocycles. The number of methoxy groups -OCH3 is 2. The Kier molecular flexibility index (Phi) is 4.31. The predicted octanol–water partition coefficient (Wildman–Crippen LogP) is 3.17. The molecule has 5 heteroatoms. The molecule has 0 aliphatic carbocycles. The van der Waals surface area contributed by atoms with Crippen LogP contribution in [-0.4, -0.2) is 24.2 Å². The second kappa shape index (κ2) is 5.99. The highest BCUT2D eigenvalue weighted by Gasteiger charge is 2.14. The first-order valence-electron chi connectivity index (χ1n) is 6.84. The third-order valence-electron chi connectivity index (χ3n) is 3.38. The van der Waals surface area contributed by atoms with Gasteiger partial charge in [0.15, 0.2) is 17.3 Å². The molecule has 0 bridgehead atoms. The Morgan fingerprint density at radius 1 is 1.05 bits per heavy atom. The third kappa shape index (κ3) is 2.91. The van der Waals surface area contributed by atoms with Crippen molar-refractivity contribution in [2.75, 3.05) is 20.0 Å². The van der Waals surface area contributed by atoms with Gasteiger partial charge in [0.2, 0.25) is 0 Å². The number of benzene rings is 1. The average Bonchev–Trinajstić information content (AvgIpc) is 2.45. The summed E-state index contributed by atoms with van der Waals surface area (Å²) in [5.41, 5.74) is 8.83. The SMILES string of the molecule is COc1ccc(-c2nc(C)c(C(C)C)c(N)n2)cc1OC. The van der Waals surface area contributed by atoms with Gasteiger partial charge >= 0.3 is 0 Å². The molecule has 112 valence electrons. The first-order chi connectivity index (χ1) is 9.97. The molecule has 1 aromatic heterocycles. The molecular formula is C16H21N3O2. The smallest absolute Gasteiger partial charge is 0.161 e. The van der Waals surface area contributed by atoms with E-state index in [4.69, 9.17) is 15.2 Å². The fraction of sp³-hybridized carbons (Fsp3) is 0.375. The van der Waals surface area contributed by atoms with Gasteiger partial charge in [-0.2, -0.15) is 0 Å². The highest BCUT2D eigenvalue weighted by molar-refractivity contribution is 5.63. The van der Waals surface area contributed by atoms with Crippen molar-refractivity contribution >= 4 is 5.82 Å². The number of nitrogen functional groups attached to an aromatic ring is 1. The molecule has 0 saturated carbocycles. The van der Waals surface area contributed by atoms with E-state index in [-0.39, 0.29) is 0 Å². The van der Waals surface area contributed by atoms with E-state index >= 15 is 0 Å². The van der Waals surface area contributed by atoms with Gasteiger partial charge in [-0.3, -0.25) is 0 Å². The van der Waals surface area contributed by atoms with Gasteiger partial charge in [0.1, 0.15) is 5.82 Å². The van der Waals surface area contributed by atoms with Crippen LogP contribution in [0.5, 0.6) is 11.5 Å². The van der Waals surface area contributed by atoms with Crippen LogP contribution in [0.25, 0.3) is 11.4 Å². The summed E-state index contributed by atoms with van der Waals surface area (Å²) in [5, 5.41) is 0. The molecule has 0 unspecified atom stereocenters. The molecule has 0 aliphatic heterocycles. The van der Waals surface area contributed by atoms with Gasteiger partial charge in [0.05, 0.1) is 14.2 Å². The molecule has 0 fully saturated rings. The number of aromatic nitrogens is 2. The predicted molar refractivity (Wildman–Crippen MR) is 83.8 cm³/mol. The summed E-state index contributed by atoms with van der Waals surface area (Å²) >= 11 is 0. The lowest BCUT2D eigenvalue weighted by molar-refractivity contribution is 0.355. The highest BCUT2D eigenvalue weighted by Crippen LogP contribution is 2.32. The molecule has 2 rings (SSSR count). The van der Waals surface area contributed by atoms with Crippen LogP contribution in [0.15, 0.2) is 18.2 Å². The Balaban J connectivity index is 2.52. The van der Waals surface area contributed by atoms with Crippen LogP contribution in [0.4, 0.5) is 5.82 Å². The lowest BCUT2D eigenvalue weighted by Gasteiger charge is -2.14. The quantitative estimate of drug-likeness (QED) is 0.935. The normalized spacial score (nSPS) is 10.8. The lowest BCUT2D eigenvalue weighted by atomic mass is 10.0. The zero-order valence-electron chi connectivity index (χ0n) is 13.1. The summed E-state index contributed by atoms with van der Waals surface area (Å²) in [7, 11) is 3.21. The monoisotopic (exact) mass is 287 g/mol. The maximum Gasteiger partial charge on any atom is 0.161 e. The van der Waals surface area contributed by atoms with Crippen molar-refractivity contribution in [1.29, 1.82) is 0 Å². The van der Waals surface area contributed by atoms with E-state index in [0.717, 1.165) is 16.8 Å². The first-order valence-corrected chi connectivity index (χ1v) is 6.84. The maximum absolute atomic E-state index is 6.08. The second-order valence-corrected chi connectivity index (χ2v) is 5.16. The minimum absolute atomic E-state index is 0.296. The van der Waals surface area contributed by atoms with Crippen molar-refractivity contribution < 1.29 is 9.47 Å². The molecule has 0 radical (unpaired) electrons. The van der Waals surface area contributed by atoms with Gasteiger partial charge in [-0.05, 0) is 31.0 Å². The van der Waals surface area contributed by atoms with Crippen molar-refractivity contribution in [1.82, 2.24) is 9.97 Å². The van der Waals surface area contributed by atoms with Crippen LogP contribution in [-0.2, 0) is 0 Å². The van der Waals surface area contributed by atoms with Crippen LogP contribution in [0.2, 0.25) is 0 Å². The van der Waals surface area contributed by atoms with Crippen molar-refractivity contribution in [2.24, 2.45) is 0 Å².